The predicted molar refractivity (Wildman–Crippen MR) is 75.3 cm³/mol. The molecule has 0 saturated carbocycles. The Labute approximate surface area is 125 Å². The lowest BCUT2D eigenvalue weighted by molar-refractivity contribution is -0.137. The van der Waals surface area contributed by atoms with Crippen LogP contribution in [0.4, 0.5) is 19.0 Å². The summed E-state index contributed by atoms with van der Waals surface area (Å²) in [6, 6.07) is 5.10. The summed E-state index contributed by atoms with van der Waals surface area (Å²) in [5, 5.41) is 3.10. The molecule has 2 aromatic rings. The van der Waals surface area contributed by atoms with Crippen LogP contribution in [0.25, 0.3) is 0 Å². The Morgan fingerprint density at radius 3 is 2.48 bits per heavy atom. The SMILES string of the molecule is Cc1nc(Cl)c(NCc2cccc(C(F)(F)F)c2)nc1C. The standard InChI is InChI=1S/C14H13ClF3N3/c1-8-9(2)21-13(12(15)20-8)19-7-10-4-3-5-11(6-10)14(16,17)18/h3-6H,7H2,1-2H3,(H,19,21). The van der Waals surface area contributed by atoms with Crippen LogP contribution < -0.4 is 5.32 Å². The van der Waals surface area contributed by atoms with Crippen molar-refractivity contribution in [3.63, 3.8) is 0 Å². The van der Waals surface area contributed by atoms with Gasteiger partial charge in [-0.1, -0.05) is 23.7 Å². The van der Waals surface area contributed by atoms with Gasteiger partial charge in [0, 0.05) is 6.54 Å². The summed E-state index contributed by atoms with van der Waals surface area (Å²) in [5.41, 5.74) is 1.23. The van der Waals surface area contributed by atoms with E-state index in [1.165, 1.54) is 6.07 Å². The number of aromatic nitrogens is 2. The van der Waals surface area contributed by atoms with Gasteiger partial charge in [-0.25, -0.2) is 9.97 Å². The van der Waals surface area contributed by atoms with Crippen molar-refractivity contribution in [1.29, 1.82) is 0 Å². The van der Waals surface area contributed by atoms with E-state index >= 15 is 0 Å². The van der Waals surface area contributed by atoms with Gasteiger partial charge >= 0.3 is 6.18 Å². The first-order valence-corrected chi connectivity index (χ1v) is 6.56. The van der Waals surface area contributed by atoms with Crippen LogP contribution in [0.2, 0.25) is 5.15 Å². The largest absolute Gasteiger partial charge is 0.416 e. The number of rotatable bonds is 3. The van der Waals surface area contributed by atoms with Gasteiger partial charge < -0.3 is 5.32 Å². The number of alkyl halides is 3. The van der Waals surface area contributed by atoms with E-state index < -0.39 is 11.7 Å². The zero-order chi connectivity index (χ0) is 15.6. The van der Waals surface area contributed by atoms with Crippen LogP contribution in [0, 0.1) is 13.8 Å². The average Bonchev–Trinajstić information content (AvgIpc) is 2.41. The molecule has 0 radical (unpaired) electrons. The zero-order valence-electron chi connectivity index (χ0n) is 11.4. The molecule has 0 aliphatic carbocycles. The van der Waals surface area contributed by atoms with Gasteiger partial charge in [-0.05, 0) is 31.5 Å². The maximum Gasteiger partial charge on any atom is 0.416 e. The van der Waals surface area contributed by atoms with Crippen molar-refractivity contribution < 1.29 is 13.2 Å². The van der Waals surface area contributed by atoms with Crippen LogP contribution in [0.15, 0.2) is 24.3 Å². The number of halogens is 4. The van der Waals surface area contributed by atoms with Gasteiger partial charge in [0.15, 0.2) is 11.0 Å². The highest BCUT2D eigenvalue weighted by Crippen LogP contribution is 2.29. The van der Waals surface area contributed by atoms with Crippen molar-refractivity contribution in [3.8, 4) is 0 Å². The molecule has 0 saturated heterocycles. The molecule has 7 heteroatoms. The molecule has 0 spiro atoms. The van der Waals surface area contributed by atoms with E-state index in [0.29, 0.717) is 22.8 Å². The van der Waals surface area contributed by atoms with Crippen LogP contribution >= 0.6 is 11.6 Å². The first-order valence-electron chi connectivity index (χ1n) is 6.18. The number of nitrogens with zero attached hydrogens (tertiary/aromatic N) is 2. The second-order valence-corrected chi connectivity index (χ2v) is 4.94. The van der Waals surface area contributed by atoms with Crippen molar-refractivity contribution in [1.82, 2.24) is 9.97 Å². The third-order valence-corrected chi connectivity index (χ3v) is 3.24. The van der Waals surface area contributed by atoms with Crippen LogP contribution in [0.1, 0.15) is 22.5 Å². The van der Waals surface area contributed by atoms with E-state index in [1.807, 2.05) is 0 Å². The second-order valence-electron chi connectivity index (χ2n) is 4.59. The Morgan fingerprint density at radius 2 is 1.81 bits per heavy atom. The molecule has 112 valence electrons. The summed E-state index contributed by atoms with van der Waals surface area (Å²) in [6.45, 7) is 3.75. The van der Waals surface area contributed by atoms with Crippen molar-refractivity contribution >= 4 is 17.4 Å². The fourth-order valence-electron chi connectivity index (χ4n) is 1.73. The number of hydrogen-bond donors (Lipinski definition) is 1. The Morgan fingerprint density at radius 1 is 1.14 bits per heavy atom. The number of hydrogen-bond acceptors (Lipinski definition) is 3. The minimum absolute atomic E-state index is 0.181. The third-order valence-electron chi connectivity index (χ3n) is 2.98. The second kappa shape index (κ2) is 5.89. The van der Waals surface area contributed by atoms with E-state index in [0.717, 1.165) is 12.1 Å². The lowest BCUT2D eigenvalue weighted by atomic mass is 10.1. The quantitative estimate of drug-likeness (QED) is 0.913. The summed E-state index contributed by atoms with van der Waals surface area (Å²) < 4.78 is 37.9. The molecule has 3 nitrogen and oxygen atoms in total. The van der Waals surface area contributed by atoms with Gasteiger partial charge in [0.05, 0.1) is 17.0 Å². The molecule has 0 aliphatic heterocycles. The van der Waals surface area contributed by atoms with Gasteiger partial charge in [0.1, 0.15) is 0 Å². The fourth-order valence-corrected chi connectivity index (χ4v) is 1.97. The molecule has 1 N–H and O–H groups in total. The van der Waals surface area contributed by atoms with Gasteiger partial charge in [-0.3, -0.25) is 0 Å². The van der Waals surface area contributed by atoms with Crippen LogP contribution in [-0.2, 0) is 12.7 Å². The van der Waals surface area contributed by atoms with E-state index in [-0.39, 0.29) is 11.7 Å². The molecule has 1 heterocycles. The fraction of sp³-hybridized carbons (Fsp3) is 0.286. The Bertz CT molecular complexity index is 656. The lowest BCUT2D eigenvalue weighted by Gasteiger charge is -2.11. The first-order chi connectivity index (χ1) is 9.77. The smallest absolute Gasteiger partial charge is 0.363 e. The minimum atomic E-state index is -4.35. The molecular formula is C14H13ClF3N3. The normalized spacial score (nSPS) is 11.5. The zero-order valence-corrected chi connectivity index (χ0v) is 12.2. The molecule has 0 aliphatic rings. The van der Waals surface area contributed by atoms with E-state index in [4.69, 9.17) is 11.6 Å². The number of nitrogens with one attached hydrogen (secondary N) is 1. The Balaban J connectivity index is 2.15. The molecule has 0 atom stereocenters. The first kappa shape index (κ1) is 15.6. The highest BCUT2D eigenvalue weighted by atomic mass is 35.5. The highest BCUT2D eigenvalue weighted by Gasteiger charge is 2.30. The predicted octanol–water partition coefficient (Wildman–Crippen LogP) is 4.38. The summed E-state index contributed by atoms with van der Waals surface area (Å²) in [7, 11) is 0. The molecule has 0 fully saturated rings. The Kier molecular flexibility index (Phi) is 4.37. The van der Waals surface area contributed by atoms with E-state index in [1.54, 1.807) is 19.9 Å². The molecule has 0 amide bonds. The highest BCUT2D eigenvalue weighted by molar-refractivity contribution is 6.31. The van der Waals surface area contributed by atoms with E-state index in [2.05, 4.69) is 15.3 Å². The average molecular weight is 316 g/mol. The van der Waals surface area contributed by atoms with Gasteiger partial charge in [0.2, 0.25) is 0 Å². The molecular weight excluding hydrogens is 303 g/mol. The summed E-state index contributed by atoms with van der Waals surface area (Å²) in [4.78, 5) is 8.33. The van der Waals surface area contributed by atoms with Crippen LogP contribution in [0.3, 0.4) is 0 Å². The third kappa shape index (κ3) is 3.85. The summed E-state index contributed by atoms with van der Waals surface area (Å²) in [6.07, 6.45) is -4.35. The molecule has 2 rings (SSSR count). The van der Waals surface area contributed by atoms with Crippen molar-refractivity contribution in [2.45, 2.75) is 26.6 Å². The van der Waals surface area contributed by atoms with E-state index in [9.17, 15) is 13.2 Å². The monoisotopic (exact) mass is 315 g/mol. The number of anilines is 1. The maximum atomic E-state index is 12.6. The van der Waals surface area contributed by atoms with Gasteiger partial charge in [-0.2, -0.15) is 13.2 Å². The van der Waals surface area contributed by atoms with Crippen molar-refractivity contribution in [2.75, 3.05) is 5.32 Å². The van der Waals surface area contributed by atoms with Crippen molar-refractivity contribution in [2.24, 2.45) is 0 Å². The Hall–Kier alpha value is -1.82. The molecule has 0 bridgehead atoms. The number of aryl methyl sites for hydroxylation is 2. The van der Waals surface area contributed by atoms with Crippen LogP contribution in [0.5, 0.6) is 0 Å². The maximum absolute atomic E-state index is 12.6. The molecule has 0 unspecified atom stereocenters. The minimum Gasteiger partial charge on any atom is -0.363 e. The molecule has 1 aromatic carbocycles. The molecule has 1 aromatic heterocycles. The van der Waals surface area contributed by atoms with Crippen LogP contribution in [-0.4, -0.2) is 9.97 Å². The summed E-state index contributed by atoms with van der Waals surface area (Å²) in [5.74, 6) is 0.358. The topological polar surface area (TPSA) is 37.8 Å². The van der Waals surface area contributed by atoms with Crippen molar-refractivity contribution in [3.05, 3.63) is 51.9 Å². The van der Waals surface area contributed by atoms with Gasteiger partial charge in [0.25, 0.3) is 0 Å². The summed E-state index contributed by atoms with van der Waals surface area (Å²) >= 11 is 5.96. The molecule has 21 heavy (non-hydrogen) atoms. The number of benzene rings is 1. The lowest BCUT2D eigenvalue weighted by Crippen LogP contribution is -2.08. The van der Waals surface area contributed by atoms with Gasteiger partial charge in [-0.15, -0.1) is 0 Å².